The van der Waals surface area contributed by atoms with Crippen LogP contribution in [-0.2, 0) is 11.3 Å². The molecule has 2 aromatic rings. The average molecular weight is 365 g/mol. The second kappa shape index (κ2) is 9.88. The predicted molar refractivity (Wildman–Crippen MR) is 106 cm³/mol. The first kappa shape index (κ1) is 19.1. The summed E-state index contributed by atoms with van der Waals surface area (Å²) in [7, 11) is 0. The van der Waals surface area contributed by atoms with Gasteiger partial charge in [0.1, 0.15) is 0 Å². The Bertz CT molecular complexity index is 734. The molecule has 0 aromatic heterocycles. The molecule has 0 aliphatic carbocycles. The lowest BCUT2D eigenvalue weighted by Gasteiger charge is -2.22. The molecule has 2 aromatic carbocycles. The minimum absolute atomic E-state index is 0.116. The summed E-state index contributed by atoms with van der Waals surface area (Å²) in [6.07, 6.45) is 1.33. The summed E-state index contributed by atoms with van der Waals surface area (Å²) >= 11 is 0. The van der Waals surface area contributed by atoms with Crippen LogP contribution in [0, 0.1) is 0 Å². The third-order valence-corrected chi connectivity index (χ3v) is 4.85. The van der Waals surface area contributed by atoms with E-state index in [1.54, 1.807) is 12.1 Å². The van der Waals surface area contributed by atoms with Crippen molar-refractivity contribution < 1.29 is 9.59 Å². The van der Waals surface area contributed by atoms with Crippen molar-refractivity contribution in [2.45, 2.75) is 19.4 Å². The molecule has 1 saturated heterocycles. The van der Waals surface area contributed by atoms with Gasteiger partial charge in [-0.05, 0) is 24.1 Å². The molecule has 0 radical (unpaired) electrons. The first-order valence-electron chi connectivity index (χ1n) is 9.60. The van der Waals surface area contributed by atoms with Gasteiger partial charge in [0.25, 0.3) is 5.91 Å². The highest BCUT2D eigenvalue weighted by Crippen LogP contribution is 2.09. The molecule has 0 saturated carbocycles. The second-order valence-electron chi connectivity index (χ2n) is 6.87. The topological polar surface area (TPSA) is 52.7 Å². The largest absolute Gasteiger partial charge is 0.352 e. The molecule has 1 aliphatic heterocycles. The Hall–Kier alpha value is -2.66. The predicted octanol–water partition coefficient (Wildman–Crippen LogP) is 2.54. The number of hydrogen-bond acceptors (Lipinski definition) is 3. The number of nitrogens with zero attached hydrogens (tertiary/aromatic N) is 2. The first-order chi connectivity index (χ1) is 13.2. The number of benzene rings is 2. The normalized spacial score (nSPS) is 15.2. The molecule has 0 spiro atoms. The zero-order chi connectivity index (χ0) is 18.9. The van der Waals surface area contributed by atoms with Gasteiger partial charge in [-0.1, -0.05) is 48.5 Å². The van der Waals surface area contributed by atoms with Crippen molar-refractivity contribution in [2.24, 2.45) is 0 Å². The molecule has 0 unspecified atom stereocenters. The van der Waals surface area contributed by atoms with Crippen LogP contribution < -0.4 is 5.32 Å². The summed E-state index contributed by atoms with van der Waals surface area (Å²) in [6, 6.07) is 19.5. The molecule has 5 nitrogen and oxygen atoms in total. The standard InChI is InChI=1S/C22H27N3O2/c26-21(12-13-23-22(27)20-10-5-2-6-11-20)25-15-7-14-24(16-17-25)18-19-8-3-1-4-9-19/h1-6,8-11H,7,12-18H2,(H,23,27). The van der Waals surface area contributed by atoms with Crippen molar-refractivity contribution in [2.75, 3.05) is 32.7 Å². The molecule has 3 rings (SSSR count). The van der Waals surface area contributed by atoms with E-state index >= 15 is 0 Å². The lowest BCUT2D eigenvalue weighted by Crippen LogP contribution is -2.37. The van der Waals surface area contributed by atoms with E-state index in [1.807, 2.05) is 29.2 Å². The van der Waals surface area contributed by atoms with Crippen LogP contribution >= 0.6 is 0 Å². The van der Waals surface area contributed by atoms with Crippen molar-refractivity contribution in [3.8, 4) is 0 Å². The van der Waals surface area contributed by atoms with Crippen LogP contribution in [0.1, 0.15) is 28.8 Å². The third-order valence-electron chi connectivity index (χ3n) is 4.85. The highest BCUT2D eigenvalue weighted by molar-refractivity contribution is 5.94. The molecule has 1 aliphatic rings. The Morgan fingerprint density at radius 2 is 1.56 bits per heavy atom. The molecular formula is C22H27N3O2. The van der Waals surface area contributed by atoms with Gasteiger partial charge in [0.05, 0.1) is 0 Å². The van der Waals surface area contributed by atoms with Crippen molar-refractivity contribution in [1.29, 1.82) is 0 Å². The number of rotatable bonds is 6. The van der Waals surface area contributed by atoms with Gasteiger partial charge in [-0.25, -0.2) is 0 Å². The molecule has 0 atom stereocenters. The Morgan fingerprint density at radius 3 is 2.30 bits per heavy atom. The van der Waals surface area contributed by atoms with E-state index in [2.05, 4.69) is 34.5 Å². The fourth-order valence-corrected chi connectivity index (χ4v) is 3.35. The van der Waals surface area contributed by atoms with Gasteiger partial charge >= 0.3 is 0 Å². The van der Waals surface area contributed by atoms with E-state index < -0.39 is 0 Å². The summed E-state index contributed by atoms with van der Waals surface area (Å²) in [5.41, 5.74) is 1.93. The van der Waals surface area contributed by atoms with Gasteiger partial charge in [0.2, 0.25) is 5.91 Å². The fourth-order valence-electron chi connectivity index (χ4n) is 3.35. The van der Waals surface area contributed by atoms with E-state index in [4.69, 9.17) is 0 Å². The zero-order valence-electron chi connectivity index (χ0n) is 15.6. The summed E-state index contributed by atoms with van der Waals surface area (Å²) < 4.78 is 0. The third kappa shape index (κ3) is 5.93. The average Bonchev–Trinajstić information content (AvgIpc) is 2.95. The maximum Gasteiger partial charge on any atom is 0.251 e. The lowest BCUT2D eigenvalue weighted by atomic mass is 10.2. The van der Waals surface area contributed by atoms with Crippen molar-refractivity contribution in [3.63, 3.8) is 0 Å². The zero-order valence-corrected chi connectivity index (χ0v) is 15.6. The second-order valence-corrected chi connectivity index (χ2v) is 6.87. The van der Waals surface area contributed by atoms with Gasteiger partial charge in [-0.15, -0.1) is 0 Å². The Morgan fingerprint density at radius 1 is 0.852 bits per heavy atom. The number of nitrogens with one attached hydrogen (secondary N) is 1. The SMILES string of the molecule is O=C(NCCC(=O)N1CCCN(Cc2ccccc2)CC1)c1ccccc1. The monoisotopic (exact) mass is 365 g/mol. The summed E-state index contributed by atoms with van der Waals surface area (Å²) in [4.78, 5) is 28.9. The molecule has 1 fully saturated rings. The quantitative estimate of drug-likeness (QED) is 0.856. The van der Waals surface area contributed by atoms with Crippen LogP contribution in [0.15, 0.2) is 60.7 Å². The number of carbonyl (C=O) groups is 2. The molecular weight excluding hydrogens is 338 g/mol. The number of hydrogen-bond donors (Lipinski definition) is 1. The summed E-state index contributed by atoms with van der Waals surface area (Å²) in [5, 5.41) is 2.83. The van der Waals surface area contributed by atoms with Gasteiger partial charge in [0.15, 0.2) is 0 Å². The van der Waals surface area contributed by atoms with E-state index in [1.165, 1.54) is 5.56 Å². The van der Waals surface area contributed by atoms with Crippen LogP contribution in [0.4, 0.5) is 0 Å². The van der Waals surface area contributed by atoms with Gasteiger partial charge in [0, 0.05) is 51.3 Å². The fraction of sp³-hybridized carbons (Fsp3) is 0.364. The maximum absolute atomic E-state index is 12.5. The highest BCUT2D eigenvalue weighted by atomic mass is 16.2. The van der Waals surface area contributed by atoms with Crippen molar-refractivity contribution >= 4 is 11.8 Å². The van der Waals surface area contributed by atoms with Crippen molar-refractivity contribution in [1.82, 2.24) is 15.1 Å². The van der Waals surface area contributed by atoms with Crippen molar-refractivity contribution in [3.05, 3.63) is 71.8 Å². The van der Waals surface area contributed by atoms with Crippen LogP contribution in [-0.4, -0.2) is 54.3 Å². The van der Waals surface area contributed by atoms with E-state index in [-0.39, 0.29) is 11.8 Å². The summed E-state index contributed by atoms with van der Waals surface area (Å²) in [6.45, 7) is 4.72. The minimum atomic E-state index is -0.131. The highest BCUT2D eigenvalue weighted by Gasteiger charge is 2.19. The smallest absolute Gasteiger partial charge is 0.251 e. The van der Waals surface area contributed by atoms with Crippen LogP contribution in [0.3, 0.4) is 0 Å². The molecule has 5 heteroatoms. The van der Waals surface area contributed by atoms with E-state index in [0.717, 1.165) is 39.1 Å². The molecule has 1 N–H and O–H groups in total. The molecule has 2 amide bonds. The Kier molecular flexibility index (Phi) is 6.99. The lowest BCUT2D eigenvalue weighted by molar-refractivity contribution is -0.130. The van der Waals surface area contributed by atoms with Gasteiger partial charge in [-0.2, -0.15) is 0 Å². The summed E-state index contributed by atoms with van der Waals surface area (Å²) in [5.74, 6) is -0.0155. The Labute approximate surface area is 161 Å². The minimum Gasteiger partial charge on any atom is -0.352 e. The Balaban J connectivity index is 1.41. The first-order valence-corrected chi connectivity index (χ1v) is 9.60. The van der Waals surface area contributed by atoms with E-state index in [0.29, 0.717) is 18.5 Å². The maximum atomic E-state index is 12.5. The van der Waals surface area contributed by atoms with Crippen LogP contribution in [0.2, 0.25) is 0 Å². The molecule has 0 bridgehead atoms. The molecule has 142 valence electrons. The van der Waals surface area contributed by atoms with Crippen LogP contribution in [0.5, 0.6) is 0 Å². The number of carbonyl (C=O) groups excluding carboxylic acids is 2. The van der Waals surface area contributed by atoms with Crippen LogP contribution in [0.25, 0.3) is 0 Å². The molecule has 27 heavy (non-hydrogen) atoms. The van der Waals surface area contributed by atoms with Gasteiger partial charge in [-0.3, -0.25) is 14.5 Å². The van der Waals surface area contributed by atoms with E-state index in [9.17, 15) is 9.59 Å². The molecule has 1 heterocycles. The number of amides is 2. The van der Waals surface area contributed by atoms with Gasteiger partial charge < -0.3 is 10.2 Å².